The summed E-state index contributed by atoms with van der Waals surface area (Å²) in [7, 11) is 0. The number of hydrogen-bond donors (Lipinski definition) is 1. The van der Waals surface area contributed by atoms with E-state index in [2.05, 4.69) is 13.0 Å². The second-order valence-electron chi connectivity index (χ2n) is 6.05. The normalized spacial score (nSPS) is 31.6. The summed E-state index contributed by atoms with van der Waals surface area (Å²) in [5, 5.41) is 9.82. The molecule has 18 heavy (non-hydrogen) atoms. The van der Waals surface area contributed by atoms with E-state index in [1.807, 2.05) is 12.1 Å². The van der Waals surface area contributed by atoms with E-state index >= 15 is 0 Å². The van der Waals surface area contributed by atoms with Crippen LogP contribution >= 0.6 is 0 Å². The molecule has 0 heterocycles. The van der Waals surface area contributed by atoms with Crippen LogP contribution in [-0.2, 0) is 0 Å². The Bertz CT molecular complexity index is 439. The smallest absolute Gasteiger partial charge is 0.125 e. The second kappa shape index (κ2) is 4.58. The van der Waals surface area contributed by atoms with Gasteiger partial charge in [0.15, 0.2) is 0 Å². The van der Waals surface area contributed by atoms with Crippen LogP contribution in [0, 0.1) is 18.8 Å². The maximum atomic E-state index is 9.82. The molecule has 2 bridgehead atoms. The van der Waals surface area contributed by atoms with Crippen molar-refractivity contribution in [1.82, 2.24) is 0 Å². The Balaban J connectivity index is 1.81. The topological polar surface area (TPSA) is 29.5 Å². The van der Waals surface area contributed by atoms with Crippen LogP contribution in [0.2, 0.25) is 0 Å². The van der Waals surface area contributed by atoms with Gasteiger partial charge in [0, 0.05) is 5.56 Å². The summed E-state index contributed by atoms with van der Waals surface area (Å²) >= 11 is 0. The third kappa shape index (κ3) is 2.14. The zero-order chi connectivity index (χ0) is 12.7. The zero-order valence-electron chi connectivity index (χ0n) is 11.2. The molecule has 0 radical (unpaired) electrons. The minimum atomic E-state index is -0.459. The highest BCUT2D eigenvalue weighted by atomic mass is 16.5. The summed E-state index contributed by atoms with van der Waals surface area (Å²) in [5.74, 6) is 2.53. The first-order chi connectivity index (χ1) is 8.63. The van der Waals surface area contributed by atoms with Crippen molar-refractivity contribution in [3.8, 4) is 5.75 Å². The lowest BCUT2D eigenvalue weighted by atomic mass is 9.97. The molecule has 98 valence electrons. The summed E-state index contributed by atoms with van der Waals surface area (Å²) in [6, 6.07) is 6.09. The molecule has 2 nitrogen and oxygen atoms in total. The monoisotopic (exact) mass is 246 g/mol. The van der Waals surface area contributed by atoms with Crippen LogP contribution in [0.5, 0.6) is 5.75 Å². The highest BCUT2D eigenvalue weighted by Gasteiger charge is 2.41. The zero-order valence-corrected chi connectivity index (χ0v) is 11.2. The van der Waals surface area contributed by atoms with Gasteiger partial charge >= 0.3 is 0 Å². The number of fused-ring (bicyclic) bond motifs is 2. The van der Waals surface area contributed by atoms with Crippen LogP contribution in [0.1, 0.15) is 49.8 Å². The maximum absolute atomic E-state index is 9.82. The number of aliphatic hydroxyl groups excluding tert-OH is 1. The van der Waals surface area contributed by atoms with E-state index in [-0.39, 0.29) is 0 Å². The van der Waals surface area contributed by atoms with Crippen molar-refractivity contribution in [2.24, 2.45) is 11.8 Å². The molecule has 2 fully saturated rings. The van der Waals surface area contributed by atoms with Crippen LogP contribution in [0.15, 0.2) is 18.2 Å². The van der Waals surface area contributed by atoms with E-state index in [0.717, 1.165) is 23.1 Å². The van der Waals surface area contributed by atoms with Crippen molar-refractivity contribution in [3.05, 3.63) is 29.3 Å². The highest BCUT2D eigenvalue weighted by molar-refractivity contribution is 5.38. The van der Waals surface area contributed by atoms with Gasteiger partial charge in [-0.3, -0.25) is 0 Å². The average molecular weight is 246 g/mol. The summed E-state index contributed by atoms with van der Waals surface area (Å²) in [6.45, 7) is 3.87. The molecule has 0 aliphatic heterocycles. The van der Waals surface area contributed by atoms with E-state index in [4.69, 9.17) is 4.74 Å². The Kier molecular flexibility index (Phi) is 3.06. The third-order valence-electron chi connectivity index (χ3n) is 4.57. The minimum absolute atomic E-state index is 0.378. The van der Waals surface area contributed by atoms with Crippen LogP contribution in [0.4, 0.5) is 0 Å². The number of hydrogen-bond acceptors (Lipinski definition) is 2. The van der Waals surface area contributed by atoms with Crippen molar-refractivity contribution in [1.29, 1.82) is 0 Å². The molecular formula is C16H22O2. The van der Waals surface area contributed by atoms with Gasteiger partial charge in [-0.1, -0.05) is 12.1 Å². The van der Waals surface area contributed by atoms with Gasteiger partial charge in [0.1, 0.15) is 11.9 Å². The Morgan fingerprint density at radius 1 is 1.28 bits per heavy atom. The SMILES string of the molecule is Cc1ccc([C@@H](C)O)c(OC2CC3CCC2C3)c1. The Hall–Kier alpha value is -1.02. The lowest BCUT2D eigenvalue weighted by molar-refractivity contribution is 0.128. The summed E-state index contributed by atoms with van der Waals surface area (Å²) in [5.41, 5.74) is 2.11. The number of aliphatic hydroxyl groups is 1. The molecule has 2 heteroatoms. The molecule has 0 aromatic heterocycles. The minimum Gasteiger partial charge on any atom is -0.490 e. The van der Waals surface area contributed by atoms with Gasteiger partial charge in [0.25, 0.3) is 0 Å². The molecule has 4 atom stereocenters. The summed E-state index contributed by atoms with van der Waals surface area (Å²) < 4.78 is 6.22. The van der Waals surface area contributed by atoms with E-state index in [9.17, 15) is 5.11 Å². The van der Waals surface area contributed by atoms with Crippen molar-refractivity contribution in [2.75, 3.05) is 0 Å². The number of rotatable bonds is 3. The van der Waals surface area contributed by atoms with Gasteiger partial charge in [0.05, 0.1) is 6.10 Å². The largest absolute Gasteiger partial charge is 0.490 e. The van der Waals surface area contributed by atoms with Gasteiger partial charge in [-0.05, 0) is 63.0 Å². The molecule has 0 amide bonds. The molecule has 0 spiro atoms. The van der Waals surface area contributed by atoms with Gasteiger partial charge < -0.3 is 9.84 Å². The van der Waals surface area contributed by atoms with Crippen LogP contribution in [0.25, 0.3) is 0 Å². The quantitative estimate of drug-likeness (QED) is 0.882. The van der Waals surface area contributed by atoms with E-state index < -0.39 is 6.10 Å². The van der Waals surface area contributed by atoms with Crippen molar-refractivity contribution in [3.63, 3.8) is 0 Å². The van der Waals surface area contributed by atoms with E-state index in [1.165, 1.54) is 31.2 Å². The first-order valence-electron chi connectivity index (χ1n) is 7.08. The first-order valence-corrected chi connectivity index (χ1v) is 7.08. The summed E-state index contributed by atoms with van der Waals surface area (Å²) in [4.78, 5) is 0. The van der Waals surface area contributed by atoms with Gasteiger partial charge in [-0.15, -0.1) is 0 Å². The summed E-state index contributed by atoms with van der Waals surface area (Å²) in [6.07, 6.45) is 5.19. The third-order valence-corrected chi connectivity index (χ3v) is 4.57. The molecule has 3 unspecified atom stereocenters. The molecule has 0 saturated heterocycles. The number of ether oxygens (including phenoxy) is 1. The van der Waals surface area contributed by atoms with Gasteiger partial charge in [-0.25, -0.2) is 0 Å². The van der Waals surface area contributed by atoms with Gasteiger partial charge in [0.2, 0.25) is 0 Å². The predicted octanol–water partition coefficient (Wildman–Crippen LogP) is 3.62. The molecule has 2 aliphatic rings. The molecule has 2 saturated carbocycles. The number of aryl methyl sites for hydroxylation is 1. The number of benzene rings is 1. The molecule has 1 aromatic rings. The molecule has 1 aromatic carbocycles. The fraction of sp³-hybridized carbons (Fsp3) is 0.625. The fourth-order valence-electron chi connectivity index (χ4n) is 3.58. The maximum Gasteiger partial charge on any atom is 0.125 e. The van der Waals surface area contributed by atoms with Crippen molar-refractivity contribution in [2.45, 2.75) is 51.7 Å². The van der Waals surface area contributed by atoms with Crippen LogP contribution in [-0.4, -0.2) is 11.2 Å². The lowest BCUT2D eigenvalue weighted by Crippen LogP contribution is -2.24. The van der Waals surface area contributed by atoms with Crippen LogP contribution in [0.3, 0.4) is 0 Å². The first kappa shape index (κ1) is 12.0. The second-order valence-corrected chi connectivity index (χ2v) is 6.05. The predicted molar refractivity (Wildman–Crippen MR) is 71.7 cm³/mol. The molecule has 2 aliphatic carbocycles. The van der Waals surface area contributed by atoms with Crippen LogP contribution < -0.4 is 4.74 Å². The molecule has 3 rings (SSSR count). The molecule has 1 N–H and O–H groups in total. The standard InChI is InChI=1S/C16H22O2/c1-10-3-6-14(11(2)17)16(7-10)18-15-9-12-4-5-13(15)8-12/h3,6-7,11-13,15,17H,4-5,8-9H2,1-2H3/t11-,12?,13?,15?/m1/s1. The lowest BCUT2D eigenvalue weighted by Gasteiger charge is -2.25. The highest BCUT2D eigenvalue weighted by Crippen LogP contribution is 2.46. The average Bonchev–Trinajstić information content (AvgIpc) is 2.90. The van der Waals surface area contributed by atoms with E-state index in [0.29, 0.717) is 6.10 Å². The van der Waals surface area contributed by atoms with E-state index in [1.54, 1.807) is 6.92 Å². The van der Waals surface area contributed by atoms with Crippen molar-refractivity contribution >= 4 is 0 Å². The van der Waals surface area contributed by atoms with Gasteiger partial charge in [-0.2, -0.15) is 0 Å². The Morgan fingerprint density at radius 3 is 2.72 bits per heavy atom. The Labute approximate surface area is 109 Å². The van der Waals surface area contributed by atoms with Crippen molar-refractivity contribution < 1.29 is 9.84 Å². The fourth-order valence-corrected chi connectivity index (χ4v) is 3.58. The Morgan fingerprint density at radius 2 is 2.11 bits per heavy atom. The molecular weight excluding hydrogens is 224 g/mol.